The van der Waals surface area contributed by atoms with Crippen LogP contribution >= 0.6 is 0 Å². The molecule has 0 saturated carbocycles. The Balaban J connectivity index is 1.65. The van der Waals surface area contributed by atoms with Gasteiger partial charge in [0.05, 0.1) is 17.9 Å². The highest BCUT2D eigenvalue weighted by Gasteiger charge is 2.28. The minimum atomic E-state index is -0.189. The van der Waals surface area contributed by atoms with Crippen LogP contribution in [0.5, 0.6) is 0 Å². The van der Waals surface area contributed by atoms with Gasteiger partial charge in [-0.1, -0.05) is 5.16 Å². The number of hydrogen-bond acceptors (Lipinski definition) is 6. The quantitative estimate of drug-likeness (QED) is 0.882. The fourth-order valence-electron chi connectivity index (χ4n) is 3.07. The fourth-order valence-corrected chi connectivity index (χ4v) is 3.07. The van der Waals surface area contributed by atoms with Crippen LogP contribution < -0.4 is 5.32 Å². The average molecular weight is 332 g/mol. The van der Waals surface area contributed by atoms with Crippen molar-refractivity contribution in [3.8, 4) is 0 Å². The summed E-state index contributed by atoms with van der Waals surface area (Å²) in [6.07, 6.45) is 4.69. The van der Waals surface area contributed by atoms with E-state index in [4.69, 9.17) is 4.52 Å². The molecule has 0 radical (unpaired) electrons. The molecule has 1 N–H and O–H groups in total. The van der Waals surface area contributed by atoms with Gasteiger partial charge in [-0.3, -0.25) is 9.48 Å². The van der Waals surface area contributed by atoms with Gasteiger partial charge in [0, 0.05) is 20.1 Å². The van der Waals surface area contributed by atoms with Gasteiger partial charge in [-0.05, 0) is 38.7 Å². The number of hydrogen-bond donors (Lipinski definition) is 1. The topological polar surface area (TPSA) is 89.1 Å². The lowest BCUT2D eigenvalue weighted by Crippen LogP contribution is -2.45. The summed E-state index contributed by atoms with van der Waals surface area (Å²) in [4.78, 5) is 18.9. The second kappa shape index (κ2) is 7.12. The van der Waals surface area contributed by atoms with Crippen LogP contribution in [0.3, 0.4) is 0 Å². The van der Waals surface area contributed by atoms with E-state index in [2.05, 4.69) is 20.6 Å². The van der Waals surface area contributed by atoms with Crippen LogP contribution in [0.2, 0.25) is 0 Å². The van der Waals surface area contributed by atoms with E-state index in [0.717, 1.165) is 37.1 Å². The van der Waals surface area contributed by atoms with E-state index >= 15 is 0 Å². The molecule has 1 fully saturated rings. The SMILES string of the molecule is Cc1noc(CN2CCCCC(NCc3c(C)cnn3C)C2=O)n1. The Kier molecular flexibility index (Phi) is 4.94. The summed E-state index contributed by atoms with van der Waals surface area (Å²) in [5.41, 5.74) is 2.23. The molecule has 1 amide bonds. The average Bonchev–Trinajstić information content (AvgIpc) is 3.05. The summed E-state index contributed by atoms with van der Waals surface area (Å²) >= 11 is 0. The number of nitrogens with zero attached hydrogens (tertiary/aromatic N) is 5. The highest BCUT2D eigenvalue weighted by atomic mass is 16.5. The van der Waals surface area contributed by atoms with Crippen molar-refractivity contribution < 1.29 is 9.32 Å². The summed E-state index contributed by atoms with van der Waals surface area (Å²) in [7, 11) is 1.92. The predicted octanol–water partition coefficient (Wildman–Crippen LogP) is 1.09. The first-order chi connectivity index (χ1) is 11.5. The van der Waals surface area contributed by atoms with Crippen molar-refractivity contribution >= 4 is 5.91 Å². The molecule has 3 rings (SSSR count). The van der Waals surface area contributed by atoms with Crippen molar-refractivity contribution in [3.63, 3.8) is 0 Å². The Morgan fingerprint density at radius 3 is 2.88 bits per heavy atom. The molecule has 1 saturated heterocycles. The second-order valence-corrected chi connectivity index (χ2v) is 6.32. The van der Waals surface area contributed by atoms with E-state index in [9.17, 15) is 4.79 Å². The second-order valence-electron chi connectivity index (χ2n) is 6.32. The molecular formula is C16H24N6O2. The number of carbonyl (C=O) groups is 1. The van der Waals surface area contributed by atoms with Crippen LogP contribution in [0.1, 0.15) is 42.2 Å². The van der Waals surface area contributed by atoms with Gasteiger partial charge in [0.25, 0.3) is 0 Å². The number of amides is 1. The fraction of sp³-hybridized carbons (Fsp3) is 0.625. The number of carbonyl (C=O) groups excluding carboxylic acids is 1. The number of rotatable bonds is 5. The highest BCUT2D eigenvalue weighted by molar-refractivity contribution is 5.82. The largest absolute Gasteiger partial charge is 0.337 e. The van der Waals surface area contributed by atoms with E-state index in [0.29, 0.717) is 24.8 Å². The molecule has 8 heteroatoms. The maximum atomic E-state index is 12.8. The maximum absolute atomic E-state index is 12.8. The number of likely N-dealkylation sites (tertiary alicyclic amines) is 1. The summed E-state index contributed by atoms with van der Waals surface area (Å²) in [6, 6.07) is -0.189. The standard InChI is InChI=1S/C16H24N6O2/c1-11-8-18-21(3)14(11)9-17-13-6-4-5-7-22(16(13)23)10-15-19-12(2)20-24-15/h8,13,17H,4-7,9-10H2,1-3H3. The molecule has 1 aliphatic heterocycles. The minimum Gasteiger partial charge on any atom is -0.337 e. The lowest BCUT2D eigenvalue weighted by atomic mass is 10.1. The van der Waals surface area contributed by atoms with Crippen molar-refractivity contribution in [2.75, 3.05) is 6.54 Å². The van der Waals surface area contributed by atoms with Gasteiger partial charge in [0.15, 0.2) is 5.82 Å². The lowest BCUT2D eigenvalue weighted by Gasteiger charge is -2.23. The monoisotopic (exact) mass is 332 g/mol. The van der Waals surface area contributed by atoms with E-state index in [-0.39, 0.29) is 11.9 Å². The molecule has 2 aromatic heterocycles. The van der Waals surface area contributed by atoms with Crippen molar-refractivity contribution in [1.82, 2.24) is 30.1 Å². The third kappa shape index (κ3) is 3.64. The Labute approximate surface area is 141 Å². The van der Waals surface area contributed by atoms with Gasteiger partial charge in [-0.2, -0.15) is 10.1 Å². The molecule has 2 aromatic rings. The van der Waals surface area contributed by atoms with E-state index < -0.39 is 0 Å². The Hall–Kier alpha value is -2.22. The number of aromatic nitrogens is 4. The molecule has 0 spiro atoms. The van der Waals surface area contributed by atoms with Gasteiger partial charge in [-0.25, -0.2) is 0 Å². The van der Waals surface area contributed by atoms with Crippen LogP contribution in [0, 0.1) is 13.8 Å². The van der Waals surface area contributed by atoms with Gasteiger partial charge in [0.2, 0.25) is 11.8 Å². The Morgan fingerprint density at radius 2 is 2.21 bits per heavy atom. The maximum Gasteiger partial charge on any atom is 0.246 e. The molecule has 1 aliphatic rings. The van der Waals surface area contributed by atoms with E-state index in [1.807, 2.05) is 29.7 Å². The summed E-state index contributed by atoms with van der Waals surface area (Å²) in [5.74, 6) is 1.18. The molecule has 0 aliphatic carbocycles. The molecule has 3 heterocycles. The zero-order chi connectivity index (χ0) is 17.1. The highest BCUT2D eigenvalue weighted by Crippen LogP contribution is 2.16. The molecule has 130 valence electrons. The van der Waals surface area contributed by atoms with Crippen molar-refractivity contribution in [3.05, 3.63) is 29.2 Å². The van der Waals surface area contributed by atoms with Crippen molar-refractivity contribution in [2.45, 2.75) is 52.2 Å². The van der Waals surface area contributed by atoms with Gasteiger partial charge >= 0.3 is 0 Å². The Morgan fingerprint density at radius 1 is 1.38 bits per heavy atom. The summed E-state index contributed by atoms with van der Waals surface area (Å²) in [5, 5.41) is 11.4. The summed E-state index contributed by atoms with van der Waals surface area (Å²) < 4.78 is 7.00. The first-order valence-corrected chi connectivity index (χ1v) is 8.33. The minimum absolute atomic E-state index is 0.100. The molecular weight excluding hydrogens is 308 g/mol. The van der Waals surface area contributed by atoms with Crippen LogP contribution in [-0.2, 0) is 24.9 Å². The zero-order valence-electron chi connectivity index (χ0n) is 14.4. The molecule has 0 bridgehead atoms. The predicted molar refractivity (Wildman–Crippen MR) is 86.9 cm³/mol. The first-order valence-electron chi connectivity index (χ1n) is 8.33. The molecule has 1 unspecified atom stereocenters. The van der Waals surface area contributed by atoms with Crippen LogP contribution in [0.15, 0.2) is 10.7 Å². The van der Waals surface area contributed by atoms with Gasteiger partial charge < -0.3 is 14.7 Å². The third-order valence-electron chi connectivity index (χ3n) is 4.46. The van der Waals surface area contributed by atoms with Crippen LogP contribution in [-0.4, -0.2) is 43.3 Å². The van der Waals surface area contributed by atoms with Gasteiger partial charge in [-0.15, -0.1) is 0 Å². The van der Waals surface area contributed by atoms with E-state index in [1.165, 1.54) is 0 Å². The van der Waals surface area contributed by atoms with Crippen molar-refractivity contribution in [1.29, 1.82) is 0 Å². The lowest BCUT2D eigenvalue weighted by molar-refractivity contribution is -0.133. The summed E-state index contributed by atoms with van der Waals surface area (Å²) in [6.45, 7) is 5.54. The van der Waals surface area contributed by atoms with Crippen molar-refractivity contribution in [2.24, 2.45) is 7.05 Å². The Bertz CT molecular complexity index is 688. The molecule has 8 nitrogen and oxygen atoms in total. The normalized spacial score (nSPS) is 18.9. The number of aryl methyl sites for hydroxylation is 3. The third-order valence-corrected chi connectivity index (χ3v) is 4.46. The first kappa shape index (κ1) is 16.6. The zero-order valence-corrected chi connectivity index (χ0v) is 14.4. The molecule has 24 heavy (non-hydrogen) atoms. The number of nitrogens with one attached hydrogen (secondary N) is 1. The van der Waals surface area contributed by atoms with Gasteiger partial charge in [0.1, 0.15) is 6.54 Å². The molecule has 0 aromatic carbocycles. The molecule has 1 atom stereocenters. The van der Waals surface area contributed by atoms with Crippen LogP contribution in [0.4, 0.5) is 0 Å². The smallest absolute Gasteiger partial charge is 0.246 e. The van der Waals surface area contributed by atoms with Crippen LogP contribution in [0.25, 0.3) is 0 Å². The van der Waals surface area contributed by atoms with E-state index in [1.54, 1.807) is 6.92 Å².